The molecule has 1 fully saturated rings. The number of hydrogen-bond donors (Lipinski definition) is 1. The third-order valence-electron chi connectivity index (χ3n) is 5.71. The molecule has 0 saturated carbocycles. The van der Waals surface area contributed by atoms with Gasteiger partial charge in [-0.05, 0) is 48.7 Å². The fraction of sp³-hybridized carbons (Fsp3) is 0.320. The molecule has 2 amide bonds. The van der Waals surface area contributed by atoms with Gasteiger partial charge in [0.1, 0.15) is 5.82 Å². The summed E-state index contributed by atoms with van der Waals surface area (Å²) in [6, 6.07) is 15.7. The molecule has 3 aromatic rings. The average molecular weight is 450 g/mol. The quantitative estimate of drug-likeness (QED) is 0.602. The zero-order valence-corrected chi connectivity index (χ0v) is 18.5. The van der Waals surface area contributed by atoms with Gasteiger partial charge in [-0.1, -0.05) is 24.3 Å². The second-order valence-corrected chi connectivity index (χ2v) is 8.16. The van der Waals surface area contributed by atoms with Crippen molar-refractivity contribution in [2.24, 2.45) is 0 Å². The molecule has 2 heterocycles. The molecule has 0 atom stereocenters. The van der Waals surface area contributed by atoms with Crippen LogP contribution in [0.15, 0.2) is 67.0 Å². The van der Waals surface area contributed by atoms with Crippen LogP contribution in [-0.4, -0.2) is 70.7 Å². The van der Waals surface area contributed by atoms with Crippen molar-refractivity contribution >= 4 is 11.8 Å². The number of aromatic nitrogens is 2. The highest BCUT2D eigenvalue weighted by Gasteiger charge is 2.21. The van der Waals surface area contributed by atoms with Crippen LogP contribution in [0.5, 0.6) is 0 Å². The Balaban J connectivity index is 1.20. The Morgan fingerprint density at radius 2 is 1.85 bits per heavy atom. The molecule has 4 rings (SSSR count). The maximum absolute atomic E-state index is 13.4. The van der Waals surface area contributed by atoms with E-state index in [1.54, 1.807) is 17.0 Å². The van der Waals surface area contributed by atoms with Crippen LogP contribution in [0.4, 0.5) is 4.39 Å². The maximum atomic E-state index is 13.4. The topological polar surface area (TPSA) is 70.5 Å². The second-order valence-electron chi connectivity index (χ2n) is 8.16. The van der Waals surface area contributed by atoms with Gasteiger partial charge in [0.05, 0.1) is 18.4 Å². The van der Waals surface area contributed by atoms with E-state index in [0.29, 0.717) is 44.7 Å². The first kappa shape index (κ1) is 22.7. The van der Waals surface area contributed by atoms with E-state index in [9.17, 15) is 14.0 Å². The van der Waals surface area contributed by atoms with Crippen molar-refractivity contribution in [3.05, 3.63) is 83.9 Å². The lowest BCUT2D eigenvalue weighted by atomic mass is 10.2. The molecule has 1 aliphatic heterocycles. The first-order chi connectivity index (χ1) is 16.1. The molecule has 0 spiro atoms. The van der Waals surface area contributed by atoms with E-state index in [2.05, 4.69) is 15.3 Å². The van der Waals surface area contributed by atoms with Gasteiger partial charge >= 0.3 is 0 Å². The number of amides is 2. The van der Waals surface area contributed by atoms with Crippen molar-refractivity contribution < 1.29 is 14.0 Å². The zero-order chi connectivity index (χ0) is 23.0. The number of nitrogens with zero attached hydrogens (tertiary/aromatic N) is 4. The van der Waals surface area contributed by atoms with Gasteiger partial charge in [-0.2, -0.15) is 5.10 Å². The highest BCUT2D eigenvalue weighted by molar-refractivity contribution is 5.94. The highest BCUT2D eigenvalue weighted by atomic mass is 19.1. The third-order valence-corrected chi connectivity index (χ3v) is 5.71. The van der Waals surface area contributed by atoms with Gasteiger partial charge < -0.3 is 10.2 Å². The zero-order valence-electron chi connectivity index (χ0n) is 18.5. The summed E-state index contributed by atoms with van der Waals surface area (Å²) in [6.07, 6.45) is 5.26. The first-order valence-electron chi connectivity index (χ1n) is 11.2. The number of carbonyl (C=O) groups is 2. The molecule has 0 radical (unpaired) electrons. The molecule has 0 bridgehead atoms. The van der Waals surface area contributed by atoms with Crippen molar-refractivity contribution in [1.29, 1.82) is 0 Å². The van der Waals surface area contributed by atoms with Crippen molar-refractivity contribution in [1.82, 2.24) is 24.9 Å². The van der Waals surface area contributed by atoms with Gasteiger partial charge in [-0.3, -0.25) is 14.5 Å². The van der Waals surface area contributed by atoms with Crippen molar-refractivity contribution in [3.8, 4) is 5.69 Å². The number of rotatable bonds is 7. The third kappa shape index (κ3) is 6.26. The van der Waals surface area contributed by atoms with Crippen molar-refractivity contribution in [3.63, 3.8) is 0 Å². The number of para-hydroxylation sites is 1. The minimum absolute atomic E-state index is 0.0321. The minimum Gasteiger partial charge on any atom is -0.355 e. The molecule has 0 unspecified atom stereocenters. The van der Waals surface area contributed by atoms with E-state index in [-0.39, 0.29) is 11.8 Å². The summed E-state index contributed by atoms with van der Waals surface area (Å²) < 4.78 is 15.3. The van der Waals surface area contributed by atoms with Crippen LogP contribution in [0.1, 0.15) is 22.3 Å². The summed E-state index contributed by atoms with van der Waals surface area (Å²) in [5.74, 6) is -0.617. The second kappa shape index (κ2) is 10.9. The molecule has 33 heavy (non-hydrogen) atoms. The fourth-order valence-electron chi connectivity index (χ4n) is 3.95. The minimum atomic E-state index is -0.415. The van der Waals surface area contributed by atoms with E-state index < -0.39 is 5.82 Å². The molecule has 7 nitrogen and oxygen atoms in total. The lowest BCUT2D eigenvalue weighted by Gasteiger charge is -2.22. The van der Waals surface area contributed by atoms with E-state index in [1.165, 1.54) is 12.1 Å². The predicted molar refractivity (Wildman–Crippen MR) is 124 cm³/mol. The normalized spacial score (nSPS) is 14.6. The average Bonchev–Trinajstić information content (AvgIpc) is 3.18. The van der Waals surface area contributed by atoms with E-state index in [0.717, 1.165) is 24.2 Å². The Hall–Kier alpha value is -3.52. The molecule has 8 heteroatoms. The molecular formula is C25H28FN5O2. The van der Waals surface area contributed by atoms with Gasteiger partial charge in [0.15, 0.2) is 0 Å². The Bertz CT molecular complexity index is 1090. The van der Waals surface area contributed by atoms with Gasteiger partial charge in [-0.15, -0.1) is 0 Å². The van der Waals surface area contributed by atoms with Crippen LogP contribution < -0.4 is 5.32 Å². The Morgan fingerprint density at radius 1 is 1.00 bits per heavy atom. The lowest BCUT2D eigenvalue weighted by Crippen LogP contribution is -2.40. The Labute approximate surface area is 192 Å². The molecule has 1 N–H and O–H groups in total. The fourth-order valence-corrected chi connectivity index (χ4v) is 3.95. The Morgan fingerprint density at radius 3 is 2.67 bits per heavy atom. The summed E-state index contributed by atoms with van der Waals surface area (Å²) in [6.45, 7) is 3.30. The number of nitrogens with one attached hydrogen (secondary N) is 1. The number of carbonyl (C=O) groups excluding carboxylic acids is 2. The summed E-state index contributed by atoms with van der Waals surface area (Å²) in [7, 11) is 0. The number of hydrogen-bond acceptors (Lipinski definition) is 4. The molecule has 1 aromatic heterocycles. The first-order valence-corrected chi connectivity index (χ1v) is 11.2. The lowest BCUT2D eigenvalue weighted by molar-refractivity contribution is -0.122. The summed E-state index contributed by atoms with van der Waals surface area (Å²) in [4.78, 5) is 28.9. The van der Waals surface area contributed by atoms with Crippen LogP contribution in [-0.2, 0) is 11.2 Å². The van der Waals surface area contributed by atoms with E-state index >= 15 is 0 Å². The molecule has 1 saturated heterocycles. The smallest absolute Gasteiger partial charge is 0.254 e. The maximum Gasteiger partial charge on any atom is 0.254 e. The van der Waals surface area contributed by atoms with Gasteiger partial charge in [-0.25, -0.2) is 9.07 Å². The van der Waals surface area contributed by atoms with Crippen LogP contribution >= 0.6 is 0 Å². The Kier molecular flexibility index (Phi) is 7.47. The number of halogens is 1. The molecule has 1 aliphatic rings. The summed E-state index contributed by atoms with van der Waals surface area (Å²) in [5, 5.41) is 7.35. The predicted octanol–water partition coefficient (Wildman–Crippen LogP) is 2.52. The van der Waals surface area contributed by atoms with Crippen molar-refractivity contribution in [2.75, 3.05) is 39.3 Å². The summed E-state index contributed by atoms with van der Waals surface area (Å²) in [5.41, 5.74) is 2.41. The number of benzene rings is 2. The van der Waals surface area contributed by atoms with Crippen LogP contribution in [0.3, 0.4) is 0 Å². The monoisotopic (exact) mass is 449 g/mol. The van der Waals surface area contributed by atoms with Crippen molar-refractivity contribution in [2.45, 2.75) is 12.8 Å². The highest BCUT2D eigenvalue weighted by Crippen LogP contribution is 2.11. The van der Waals surface area contributed by atoms with Crippen LogP contribution in [0.2, 0.25) is 0 Å². The summed E-state index contributed by atoms with van der Waals surface area (Å²) >= 11 is 0. The molecular weight excluding hydrogens is 421 g/mol. The largest absolute Gasteiger partial charge is 0.355 e. The van der Waals surface area contributed by atoms with E-state index in [1.807, 2.05) is 47.4 Å². The van der Waals surface area contributed by atoms with Crippen LogP contribution in [0.25, 0.3) is 5.69 Å². The SMILES string of the molecule is O=C(CN1CCCN(C(=O)c2cccc(F)c2)CC1)NCCc1cnn(-c2ccccc2)c1. The standard InChI is InChI=1S/C25H28FN5O2/c26-22-7-4-6-21(16-22)25(33)30-13-5-12-29(14-15-30)19-24(32)27-11-10-20-17-28-31(18-20)23-8-2-1-3-9-23/h1-4,6-9,16-18H,5,10-15,19H2,(H,27,32). The van der Waals surface area contributed by atoms with Gasteiger partial charge in [0, 0.05) is 44.5 Å². The van der Waals surface area contributed by atoms with Crippen LogP contribution in [0, 0.1) is 5.82 Å². The van der Waals surface area contributed by atoms with Gasteiger partial charge in [0.2, 0.25) is 5.91 Å². The van der Waals surface area contributed by atoms with E-state index in [4.69, 9.17) is 0 Å². The molecule has 2 aromatic carbocycles. The molecule has 0 aliphatic carbocycles. The molecule has 172 valence electrons. The van der Waals surface area contributed by atoms with Gasteiger partial charge in [0.25, 0.3) is 5.91 Å².